The fraction of sp³-hybridized carbons (Fsp3) is 0.750. The van der Waals surface area contributed by atoms with Gasteiger partial charge in [-0.3, -0.25) is 4.79 Å². The van der Waals surface area contributed by atoms with Crippen molar-refractivity contribution in [1.82, 2.24) is 0 Å². The van der Waals surface area contributed by atoms with Crippen molar-refractivity contribution in [3.63, 3.8) is 0 Å². The molecule has 44 valence electrons. The van der Waals surface area contributed by atoms with Crippen LogP contribution in [0.4, 0.5) is 0 Å². The molecule has 0 rings (SSSR count). The average Bonchev–Trinajstić information content (AvgIpc) is 1.65. The molecule has 0 spiro atoms. The summed E-state index contributed by atoms with van der Waals surface area (Å²) in [5.74, 6) is -0.928. The number of aliphatic carboxylic acids is 1. The van der Waals surface area contributed by atoms with Crippen LogP contribution in [0, 0.1) is 0 Å². The molecule has 0 bridgehead atoms. The van der Waals surface area contributed by atoms with E-state index in [0.717, 1.165) is 0 Å². The van der Waals surface area contributed by atoms with Gasteiger partial charge in [0.05, 0.1) is 0 Å². The van der Waals surface area contributed by atoms with Gasteiger partial charge in [-0.15, -0.1) is 0 Å². The van der Waals surface area contributed by atoms with Crippen molar-refractivity contribution in [3.05, 3.63) is 0 Å². The Morgan fingerprint density at radius 1 is 1.88 bits per heavy atom. The van der Waals surface area contributed by atoms with Crippen molar-refractivity contribution in [2.75, 3.05) is 0 Å². The summed E-state index contributed by atoms with van der Waals surface area (Å²) >= 11 is 0. The maximum atomic E-state index is 9.81. The normalized spacial score (nSPS) is 11.8. The molecule has 3 N–H and O–H groups in total. The minimum absolute atomic E-state index is 0. The van der Waals surface area contributed by atoms with E-state index in [-0.39, 0.29) is 37.7 Å². The topological polar surface area (TPSA) is 63.3 Å². The number of rotatable bonds is 2. The van der Waals surface area contributed by atoms with E-state index in [9.17, 15) is 4.79 Å². The largest absolute Gasteiger partial charge is 0.480 e. The van der Waals surface area contributed by atoms with E-state index in [1.807, 2.05) is 0 Å². The molecule has 4 heteroatoms. The first-order valence-corrected chi connectivity index (χ1v) is 2.17. The Morgan fingerprint density at radius 3 is 2.25 bits per heavy atom. The van der Waals surface area contributed by atoms with E-state index in [2.05, 4.69) is 0 Å². The van der Waals surface area contributed by atoms with Crippen LogP contribution in [0.25, 0.3) is 0 Å². The SMILES string of the molecule is CCC(N)C(=O)O.[Ca]. The minimum Gasteiger partial charge on any atom is -0.480 e. The molecule has 0 saturated carbocycles. The summed E-state index contributed by atoms with van der Waals surface area (Å²) in [6, 6.07) is -0.681. The van der Waals surface area contributed by atoms with Crippen LogP contribution < -0.4 is 5.73 Å². The first-order valence-electron chi connectivity index (χ1n) is 2.17. The van der Waals surface area contributed by atoms with Crippen molar-refractivity contribution in [2.24, 2.45) is 5.73 Å². The molecule has 0 amide bonds. The molecule has 0 fully saturated rings. The number of carbonyl (C=O) groups is 1. The Balaban J connectivity index is 0. The van der Waals surface area contributed by atoms with Gasteiger partial charge in [-0.25, -0.2) is 0 Å². The first kappa shape index (κ1) is 11.5. The standard InChI is InChI=1S/C4H9NO2.Ca/c1-2-3(5)4(6)7;/h3H,2,5H2,1H3,(H,6,7);. The van der Waals surface area contributed by atoms with Gasteiger partial charge in [0.15, 0.2) is 0 Å². The third-order valence-corrected chi connectivity index (χ3v) is 0.757. The molecule has 0 heterocycles. The summed E-state index contributed by atoms with van der Waals surface area (Å²) in [4.78, 5) is 9.81. The van der Waals surface area contributed by atoms with Crippen LogP contribution in [-0.4, -0.2) is 54.9 Å². The monoisotopic (exact) mass is 143 g/mol. The smallest absolute Gasteiger partial charge is 0.320 e. The van der Waals surface area contributed by atoms with Gasteiger partial charge in [-0.2, -0.15) is 0 Å². The Bertz CT molecular complexity index is 76.4. The molecule has 0 saturated heterocycles. The predicted molar refractivity (Wildman–Crippen MR) is 31.7 cm³/mol. The fourth-order valence-corrected chi connectivity index (χ4v) is 0.175. The quantitative estimate of drug-likeness (QED) is 0.509. The summed E-state index contributed by atoms with van der Waals surface area (Å²) in [5.41, 5.74) is 5.02. The van der Waals surface area contributed by atoms with Crippen molar-refractivity contribution in [3.8, 4) is 0 Å². The van der Waals surface area contributed by atoms with Gasteiger partial charge in [0.25, 0.3) is 0 Å². The predicted octanol–water partition coefficient (Wildman–Crippen LogP) is -0.573. The van der Waals surface area contributed by atoms with E-state index < -0.39 is 12.0 Å². The average molecular weight is 143 g/mol. The Morgan fingerprint density at radius 2 is 2.25 bits per heavy atom. The maximum Gasteiger partial charge on any atom is 0.320 e. The molecule has 2 radical (unpaired) electrons. The van der Waals surface area contributed by atoms with E-state index in [1.165, 1.54) is 0 Å². The van der Waals surface area contributed by atoms with Gasteiger partial charge in [-0.05, 0) is 6.42 Å². The molecule has 0 aromatic carbocycles. The van der Waals surface area contributed by atoms with Gasteiger partial charge in [0.2, 0.25) is 0 Å². The number of carboxylic acid groups (broad SMARTS) is 1. The molecular weight excluding hydrogens is 134 g/mol. The van der Waals surface area contributed by atoms with Crippen molar-refractivity contribution in [1.29, 1.82) is 0 Å². The van der Waals surface area contributed by atoms with Gasteiger partial charge in [-0.1, -0.05) is 6.92 Å². The van der Waals surface area contributed by atoms with Gasteiger partial charge in [0, 0.05) is 37.7 Å². The summed E-state index contributed by atoms with van der Waals surface area (Å²) < 4.78 is 0. The summed E-state index contributed by atoms with van der Waals surface area (Å²) in [7, 11) is 0. The number of hydrogen-bond acceptors (Lipinski definition) is 2. The molecule has 0 aliphatic heterocycles. The molecule has 8 heavy (non-hydrogen) atoms. The second kappa shape index (κ2) is 5.82. The zero-order chi connectivity index (χ0) is 5.86. The van der Waals surface area contributed by atoms with Crippen LogP contribution in [0.1, 0.15) is 13.3 Å². The van der Waals surface area contributed by atoms with Gasteiger partial charge < -0.3 is 10.8 Å². The number of carboxylic acids is 1. The van der Waals surface area contributed by atoms with Crippen molar-refractivity contribution < 1.29 is 9.90 Å². The van der Waals surface area contributed by atoms with Gasteiger partial charge >= 0.3 is 5.97 Å². The molecule has 0 aromatic rings. The zero-order valence-corrected chi connectivity index (χ0v) is 7.13. The fourth-order valence-electron chi connectivity index (χ4n) is 0.175. The molecule has 0 aliphatic rings. The van der Waals surface area contributed by atoms with Crippen LogP contribution >= 0.6 is 0 Å². The molecule has 1 atom stereocenters. The van der Waals surface area contributed by atoms with Crippen LogP contribution in [0.15, 0.2) is 0 Å². The molecule has 0 aromatic heterocycles. The second-order valence-electron chi connectivity index (χ2n) is 1.35. The van der Waals surface area contributed by atoms with Crippen molar-refractivity contribution >= 4 is 43.7 Å². The number of hydrogen-bond donors (Lipinski definition) is 2. The molecular formula is C4H9CaNO2. The first-order chi connectivity index (χ1) is 3.18. The van der Waals surface area contributed by atoms with E-state index in [0.29, 0.717) is 6.42 Å². The maximum absolute atomic E-state index is 9.81. The zero-order valence-electron chi connectivity index (χ0n) is 4.92. The third-order valence-electron chi connectivity index (χ3n) is 0.757. The van der Waals surface area contributed by atoms with Crippen LogP contribution in [0.2, 0.25) is 0 Å². The van der Waals surface area contributed by atoms with Gasteiger partial charge in [0.1, 0.15) is 6.04 Å². The summed E-state index contributed by atoms with van der Waals surface area (Å²) in [6.07, 6.45) is 0.495. The minimum atomic E-state index is -0.928. The molecule has 3 nitrogen and oxygen atoms in total. The molecule has 1 unspecified atom stereocenters. The summed E-state index contributed by atoms with van der Waals surface area (Å²) in [6.45, 7) is 1.73. The Labute approximate surface area is 78.2 Å². The summed E-state index contributed by atoms with van der Waals surface area (Å²) in [5, 5.41) is 8.06. The van der Waals surface area contributed by atoms with E-state index in [1.54, 1.807) is 6.92 Å². The van der Waals surface area contributed by atoms with Crippen LogP contribution in [0.5, 0.6) is 0 Å². The van der Waals surface area contributed by atoms with E-state index in [4.69, 9.17) is 10.8 Å². The van der Waals surface area contributed by atoms with E-state index >= 15 is 0 Å². The Kier molecular flexibility index (Phi) is 8.35. The van der Waals surface area contributed by atoms with Crippen LogP contribution in [0.3, 0.4) is 0 Å². The number of nitrogens with two attached hydrogens (primary N) is 1. The second-order valence-corrected chi connectivity index (χ2v) is 1.35. The van der Waals surface area contributed by atoms with Crippen molar-refractivity contribution in [2.45, 2.75) is 19.4 Å². The third kappa shape index (κ3) is 4.84. The molecule has 0 aliphatic carbocycles. The van der Waals surface area contributed by atoms with Crippen LogP contribution in [-0.2, 0) is 4.79 Å². The Hall–Kier alpha value is 0.690.